The molecule has 56 heavy (non-hydrogen) atoms. The van der Waals surface area contributed by atoms with Crippen molar-refractivity contribution in [1.29, 1.82) is 0 Å². The van der Waals surface area contributed by atoms with Gasteiger partial charge in [0, 0.05) is 22.5 Å². The summed E-state index contributed by atoms with van der Waals surface area (Å²) in [6, 6.07) is 21.4. The third-order valence-corrected chi connectivity index (χ3v) is 10.4. The topological polar surface area (TPSA) is 3.24 Å². The Hall–Kier alpha value is -6.96. The van der Waals surface area contributed by atoms with Gasteiger partial charge in [-0.3, -0.25) is 0 Å². The molecule has 0 saturated heterocycles. The normalized spacial score (nSPS) is 16.9. The van der Waals surface area contributed by atoms with Crippen molar-refractivity contribution in [3.63, 3.8) is 0 Å². The van der Waals surface area contributed by atoms with Gasteiger partial charge in [-0.05, 0) is 120 Å². The van der Waals surface area contributed by atoms with Gasteiger partial charge in [0.05, 0.1) is 23.3 Å². The molecular weight excluding hydrogens is 675 g/mol. The lowest BCUT2D eigenvalue weighted by Gasteiger charge is -2.27. The van der Waals surface area contributed by atoms with Crippen LogP contribution in [-0.4, -0.2) is 0 Å². The molecule has 0 bridgehead atoms. The second-order valence-corrected chi connectivity index (χ2v) is 14.0. The lowest BCUT2D eigenvalue weighted by Crippen LogP contribution is -2.16. The lowest BCUT2D eigenvalue weighted by atomic mass is 9.79. The molecule has 9 aromatic carbocycles. The Kier molecular flexibility index (Phi) is 4.92. The molecule has 0 radical (unpaired) electrons. The van der Waals surface area contributed by atoms with E-state index in [1.807, 2.05) is 54.6 Å². The molecule has 0 heterocycles. The highest BCUT2D eigenvalue weighted by Crippen LogP contribution is 2.52. The van der Waals surface area contributed by atoms with E-state index in [1.54, 1.807) is 36.4 Å². The number of rotatable bonds is 7. The molecule has 0 aliphatic heterocycles. The van der Waals surface area contributed by atoms with Crippen LogP contribution in [0.4, 0.5) is 17.1 Å². The molecule has 1 aliphatic rings. The molecule has 10 rings (SSSR count). The monoisotopic (exact) mass is 732 g/mol. The van der Waals surface area contributed by atoms with Gasteiger partial charge in [-0.25, -0.2) is 0 Å². The summed E-state index contributed by atoms with van der Waals surface area (Å²) in [7, 11) is 0. The first-order chi connectivity index (χ1) is 34.6. The average Bonchev–Trinajstić information content (AvgIpc) is 3.63. The maximum atomic E-state index is 9.82. The third-order valence-electron chi connectivity index (χ3n) is 10.4. The van der Waals surface area contributed by atoms with Crippen LogP contribution in [0.1, 0.15) is 48.3 Å². The molecular formula is C55H41N. The van der Waals surface area contributed by atoms with Crippen molar-refractivity contribution in [1.82, 2.24) is 0 Å². The van der Waals surface area contributed by atoms with Gasteiger partial charge in [0.1, 0.15) is 0 Å². The van der Waals surface area contributed by atoms with E-state index in [9.17, 15) is 8.22 Å². The zero-order valence-electron chi connectivity index (χ0n) is 47.3. The van der Waals surface area contributed by atoms with Gasteiger partial charge in [-0.2, -0.15) is 0 Å². The lowest BCUT2D eigenvalue weighted by molar-refractivity contribution is 0.662. The van der Waals surface area contributed by atoms with Crippen LogP contribution in [0.2, 0.25) is 0 Å². The zero-order valence-corrected chi connectivity index (χ0v) is 30.3. The Balaban J connectivity index is 1.21. The Morgan fingerprint density at radius 2 is 0.982 bits per heavy atom. The SMILES string of the molecule is [2H]c1c([2H])c([2H])c(-c2c([2H])c([2H])c(-c3c([2H])c([2H])c(N(c4ccc(-c5cccc6c5C(C)(C)c5ccccc5-6)cc4)c4c([2H])c([2H])c([2H])c(-c5ccc6ccccc6c5)c4[2H])c([2H])c3[2H])c([2H])c2[2H])c([2H])c1[2H]. The van der Waals surface area contributed by atoms with Gasteiger partial charge < -0.3 is 4.90 Å². The van der Waals surface area contributed by atoms with E-state index in [1.165, 1.54) is 10.5 Å². The maximum absolute atomic E-state index is 9.82. The quantitative estimate of drug-likeness (QED) is 0.158. The van der Waals surface area contributed by atoms with Gasteiger partial charge >= 0.3 is 0 Å². The molecule has 0 atom stereocenters. The Bertz CT molecular complexity index is 3780. The molecule has 0 saturated carbocycles. The van der Waals surface area contributed by atoms with Crippen molar-refractivity contribution < 1.29 is 23.3 Å². The van der Waals surface area contributed by atoms with Crippen LogP contribution in [0.3, 0.4) is 0 Å². The van der Waals surface area contributed by atoms with Crippen molar-refractivity contribution in [3.05, 3.63) is 223 Å². The maximum Gasteiger partial charge on any atom is 0.0651 e. The molecule has 0 amide bonds. The summed E-state index contributed by atoms with van der Waals surface area (Å²) in [6.07, 6.45) is 0. The minimum atomic E-state index is -0.866. The molecule has 0 N–H and O–H groups in total. The Morgan fingerprint density at radius 1 is 0.393 bits per heavy atom. The Labute approximate surface area is 353 Å². The van der Waals surface area contributed by atoms with Crippen LogP contribution in [-0.2, 0) is 5.41 Å². The molecule has 0 aromatic heterocycles. The number of hydrogen-bond donors (Lipinski definition) is 0. The fourth-order valence-electron chi connectivity index (χ4n) is 7.66. The molecule has 9 aromatic rings. The summed E-state index contributed by atoms with van der Waals surface area (Å²) in [6.45, 7) is 4.32. The fraction of sp³-hybridized carbons (Fsp3) is 0.0545. The van der Waals surface area contributed by atoms with Crippen molar-refractivity contribution in [2.75, 3.05) is 4.90 Å². The predicted octanol–water partition coefficient (Wildman–Crippen LogP) is 15.3. The zero-order chi connectivity index (χ0) is 52.4. The number of fused-ring (bicyclic) bond motifs is 4. The molecule has 0 fully saturated rings. The first kappa shape index (κ1) is 20.1. The van der Waals surface area contributed by atoms with E-state index in [-0.39, 0.29) is 22.4 Å². The van der Waals surface area contributed by atoms with Crippen molar-refractivity contribution in [2.45, 2.75) is 19.3 Å². The van der Waals surface area contributed by atoms with Crippen molar-refractivity contribution in [3.8, 4) is 55.6 Å². The molecule has 1 aliphatic carbocycles. The summed E-state index contributed by atoms with van der Waals surface area (Å²) < 4.78 is 153. The summed E-state index contributed by atoms with van der Waals surface area (Å²) in [4.78, 5) is 1.19. The summed E-state index contributed by atoms with van der Waals surface area (Å²) >= 11 is 0. The molecule has 0 unspecified atom stereocenters. The fourth-order valence-corrected chi connectivity index (χ4v) is 7.66. The van der Waals surface area contributed by atoms with Crippen molar-refractivity contribution >= 4 is 27.8 Å². The summed E-state index contributed by atoms with van der Waals surface area (Å²) in [5, 5.41) is 1.65. The number of anilines is 3. The largest absolute Gasteiger partial charge is 0.310 e. The van der Waals surface area contributed by atoms with Crippen LogP contribution in [0.5, 0.6) is 0 Å². The van der Waals surface area contributed by atoms with E-state index in [0.29, 0.717) is 5.56 Å². The average molecular weight is 733 g/mol. The standard InChI is InChI=1S/C55H41N/c1-55(2)53-21-9-8-18-51(53)52-20-11-19-50(54(52)55)43-30-34-48(35-31-43)56(49-17-10-16-45(37-49)46-27-26-39-14-6-7-15-44(39)36-46)47-32-28-42(29-33-47)41-24-22-40(23-25-41)38-12-4-3-5-13-38/h3-37H,1-2H3/i3D,4D,5D,10D,12D,13D,16D,17D,22D,23D,24D,25D,28D,29D,32D,33D,37D. The van der Waals surface area contributed by atoms with Crippen LogP contribution in [0, 0.1) is 0 Å². The first-order valence-corrected chi connectivity index (χ1v) is 18.1. The van der Waals surface area contributed by atoms with Crippen LogP contribution in [0.15, 0.2) is 212 Å². The number of hydrogen-bond acceptors (Lipinski definition) is 1. The highest BCUT2D eigenvalue weighted by molar-refractivity contribution is 5.90. The Morgan fingerprint density at radius 3 is 1.73 bits per heavy atom. The van der Waals surface area contributed by atoms with Gasteiger partial charge in [-0.15, -0.1) is 0 Å². The van der Waals surface area contributed by atoms with Gasteiger partial charge in [0.15, 0.2) is 0 Å². The van der Waals surface area contributed by atoms with E-state index in [2.05, 4.69) is 32.0 Å². The second kappa shape index (κ2) is 13.7. The van der Waals surface area contributed by atoms with Crippen molar-refractivity contribution in [2.24, 2.45) is 0 Å². The minimum absolute atomic E-state index is 0.0280. The molecule has 1 nitrogen and oxygen atoms in total. The van der Waals surface area contributed by atoms with Gasteiger partial charge in [0.2, 0.25) is 0 Å². The van der Waals surface area contributed by atoms with Crippen LogP contribution >= 0.6 is 0 Å². The highest BCUT2D eigenvalue weighted by Gasteiger charge is 2.37. The molecule has 0 spiro atoms. The smallest absolute Gasteiger partial charge is 0.0651 e. The third kappa shape index (κ3) is 5.90. The van der Waals surface area contributed by atoms with Crippen LogP contribution in [0.25, 0.3) is 66.4 Å². The van der Waals surface area contributed by atoms with E-state index in [0.717, 1.165) is 38.6 Å². The van der Waals surface area contributed by atoms with E-state index in [4.69, 9.17) is 15.1 Å². The number of benzene rings is 9. The highest BCUT2D eigenvalue weighted by atomic mass is 15.1. The predicted molar refractivity (Wildman–Crippen MR) is 238 cm³/mol. The van der Waals surface area contributed by atoms with Gasteiger partial charge in [-0.1, -0.05) is 183 Å². The second-order valence-electron chi connectivity index (χ2n) is 14.0. The van der Waals surface area contributed by atoms with E-state index >= 15 is 0 Å². The molecule has 1 heteroatoms. The summed E-state index contributed by atoms with van der Waals surface area (Å²) in [5.74, 6) is 0. The van der Waals surface area contributed by atoms with Gasteiger partial charge in [0.25, 0.3) is 0 Å². The van der Waals surface area contributed by atoms with E-state index < -0.39 is 131 Å². The number of nitrogens with zero attached hydrogens (tertiary/aromatic N) is 1. The minimum Gasteiger partial charge on any atom is -0.310 e. The first-order valence-electron chi connectivity index (χ1n) is 26.6. The summed E-state index contributed by atoms with van der Waals surface area (Å²) in [5.41, 5.74) is 2.96. The molecule has 266 valence electrons. The van der Waals surface area contributed by atoms with Crippen LogP contribution < -0.4 is 4.90 Å².